The summed E-state index contributed by atoms with van der Waals surface area (Å²) in [6.45, 7) is 6.57. The number of hydrogen-bond acceptors (Lipinski definition) is 8. The van der Waals surface area contributed by atoms with Crippen LogP contribution in [0.1, 0.15) is 36.1 Å². The van der Waals surface area contributed by atoms with Crippen LogP contribution >= 0.6 is 0 Å². The molecule has 2 aromatic carbocycles. The topological polar surface area (TPSA) is 97.2 Å². The summed E-state index contributed by atoms with van der Waals surface area (Å²) in [6.07, 6.45) is 5.90. The predicted molar refractivity (Wildman–Crippen MR) is 170 cm³/mol. The Morgan fingerprint density at radius 2 is 1.96 bits per heavy atom. The van der Waals surface area contributed by atoms with Gasteiger partial charge < -0.3 is 14.5 Å². The monoisotopic (exact) mass is 609 g/mol. The van der Waals surface area contributed by atoms with Gasteiger partial charge in [-0.3, -0.25) is 9.78 Å². The SMILES string of the molecule is CCc1c(F)ccc2cccc(-c3ncc4c(N(C)C5CCN(C(=O)/C=C/c6cc(C)nc(C)n6)C5)nc(OC)nc4c3F)c12. The summed E-state index contributed by atoms with van der Waals surface area (Å²) in [5, 5.41) is 1.82. The zero-order chi connectivity index (χ0) is 31.8. The van der Waals surface area contributed by atoms with Crippen LogP contribution in [0.15, 0.2) is 48.7 Å². The van der Waals surface area contributed by atoms with Crippen molar-refractivity contribution in [2.24, 2.45) is 0 Å². The highest BCUT2D eigenvalue weighted by molar-refractivity contribution is 6.01. The van der Waals surface area contributed by atoms with E-state index in [1.54, 1.807) is 35.4 Å². The molecule has 45 heavy (non-hydrogen) atoms. The second-order valence-electron chi connectivity index (χ2n) is 11.2. The molecule has 3 aromatic heterocycles. The van der Waals surface area contributed by atoms with Gasteiger partial charge in [0.1, 0.15) is 28.7 Å². The summed E-state index contributed by atoms with van der Waals surface area (Å²) in [4.78, 5) is 38.8. The summed E-state index contributed by atoms with van der Waals surface area (Å²) in [6, 6.07) is 10.3. The van der Waals surface area contributed by atoms with E-state index < -0.39 is 5.82 Å². The fourth-order valence-corrected chi connectivity index (χ4v) is 6.07. The smallest absolute Gasteiger partial charge is 0.318 e. The number of fused-ring (bicyclic) bond motifs is 2. The zero-order valence-corrected chi connectivity index (χ0v) is 25.8. The highest BCUT2D eigenvalue weighted by Crippen LogP contribution is 2.37. The molecule has 6 rings (SSSR count). The Hall–Kier alpha value is -5.06. The molecule has 1 aliphatic rings. The van der Waals surface area contributed by atoms with E-state index in [9.17, 15) is 9.18 Å². The molecule has 0 bridgehead atoms. The fraction of sp³-hybridized carbons (Fsp3) is 0.294. The molecular formula is C34H33F2N7O2. The lowest BCUT2D eigenvalue weighted by molar-refractivity contribution is -0.124. The van der Waals surface area contributed by atoms with Crippen molar-refractivity contribution < 1.29 is 18.3 Å². The van der Waals surface area contributed by atoms with Crippen molar-refractivity contribution in [2.75, 3.05) is 32.1 Å². The number of aryl methyl sites for hydroxylation is 3. The molecule has 230 valence electrons. The van der Waals surface area contributed by atoms with Crippen LogP contribution < -0.4 is 9.64 Å². The van der Waals surface area contributed by atoms with E-state index in [0.29, 0.717) is 65.2 Å². The van der Waals surface area contributed by atoms with Crippen molar-refractivity contribution in [1.29, 1.82) is 0 Å². The number of ether oxygens (including phenoxy) is 1. The fourth-order valence-electron chi connectivity index (χ4n) is 6.07. The molecule has 9 nitrogen and oxygen atoms in total. The van der Waals surface area contributed by atoms with E-state index in [4.69, 9.17) is 4.74 Å². The van der Waals surface area contributed by atoms with Crippen molar-refractivity contribution in [3.63, 3.8) is 0 Å². The first-order valence-electron chi connectivity index (χ1n) is 14.8. The minimum Gasteiger partial charge on any atom is -0.467 e. The van der Waals surface area contributed by atoms with Crippen LogP contribution in [0.25, 0.3) is 39.0 Å². The molecule has 1 fully saturated rings. The second-order valence-corrected chi connectivity index (χ2v) is 11.2. The van der Waals surface area contributed by atoms with E-state index in [-0.39, 0.29) is 35.0 Å². The maximum atomic E-state index is 16.4. The number of methoxy groups -OCH3 is 1. The summed E-state index contributed by atoms with van der Waals surface area (Å²) in [5.41, 5.74) is 2.61. The van der Waals surface area contributed by atoms with Gasteiger partial charge in [0.05, 0.1) is 18.2 Å². The number of amides is 1. The number of likely N-dealkylation sites (tertiary alicyclic amines) is 1. The van der Waals surface area contributed by atoms with Crippen LogP contribution in [0.4, 0.5) is 14.6 Å². The Morgan fingerprint density at radius 3 is 2.71 bits per heavy atom. The number of carbonyl (C=O) groups excluding carboxylic acids is 1. The molecule has 0 radical (unpaired) electrons. The van der Waals surface area contributed by atoms with E-state index >= 15 is 4.39 Å². The molecule has 0 N–H and O–H groups in total. The maximum Gasteiger partial charge on any atom is 0.318 e. The predicted octanol–water partition coefficient (Wildman–Crippen LogP) is 5.85. The average Bonchev–Trinajstić information content (AvgIpc) is 3.53. The average molecular weight is 610 g/mol. The molecule has 1 atom stereocenters. The van der Waals surface area contributed by atoms with Crippen molar-refractivity contribution in [2.45, 2.75) is 39.7 Å². The number of nitrogens with zero attached hydrogens (tertiary/aromatic N) is 7. The van der Waals surface area contributed by atoms with Gasteiger partial charge in [-0.05, 0) is 61.2 Å². The van der Waals surface area contributed by atoms with Crippen molar-refractivity contribution in [3.05, 3.63) is 83.1 Å². The molecule has 0 aliphatic carbocycles. The van der Waals surface area contributed by atoms with Crippen LogP contribution in [0.3, 0.4) is 0 Å². The molecule has 0 spiro atoms. The van der Waals surface area contributed by atoms with Crippen LogP contribution in [0, 0.1) is 25.5 Å². The molecule has 1 saturated heterocycles. The number of anilines is 1. The van der Waals surface area contributed by atoms with E-state index in [2.05, 4.69) is 24.9 Å². The molecule has 0 saturated carbocycles. The number of halogens is 2. The summed E-state index contributed by atoms with van der Waals surface area (Å²) >= 11 is 0. The third kappa shape index (κ3) is 5.65. The van der Waals surface area contributed by atoms with Gasteiger partial charge in [0.2, 0.25) is 5.91 Å². The third-order valence-corrected chi connectivity index (χ3v) is 8.27. The Kier molecular flexibility index (Phi) is 8.09. The van der Waals surface area contributed by atoms with Crippen LogP contribution in [0.5, 0.6) is 6.01 Å². The molecular weight excluding hydrogens is 576 g/mol. The number of benzene rings is 2. The number of pyridine rings is 1. The van der Waals surface area contributed by atoms with Gasteiger partial charge in [0.25, 0.3) is 0 Å². The van der Waals surface area contributed by atoms with Crippen molar-refractivity contribution in [3.8, 4) is 17.3 Å². The molecule has 5 aromatic rings. The molecule has 1 aliphatic heterocycles. The first-order chi connectivity index (χ1) is 21.7. The first-order valence-corrected chi connectivity index (χ1v) is 14.8. The maximum absolute atomic E-state index is 16.4. The van der Waals surface area contributed by atoms with E-state index in [1.807, 2.05) is 44.9 Å². The van der Waals surface area contributed by atoms with Crippen LogP contribution in [-0.2, 0) is 11.2 Å². The lowest BCUT2D eigenvalue weighted by Crippen LogP contribution is -2.36. The Bertz CT molecular complexity index is 1960. The highest BCUT2D eigenvalue weighted by Gasteiger charge is 2.31. The molecule has 4 heterocycles. The van der Waals surface area contributed by atoms with Gasteiger partial charge in [-0.25, -0.2) is 18.7 Å². The number of likely N-dealkylation sites (N-methyl/N-ethyl adjacent to an activating group) is 1. The number of hydrogen-bond donors (Lipinski definition) is 0. The van der Waals surface area contributed by atoms with Gasteiger partial charge in [0, 0.05) is 49.7 Å². The zero-order valence-electron chi connectivity index (χ0n) is 25.8. The largest absolute Gasteiger partial charge is 0.467 e. The third-order valence-electron chi connectivity index (χ3n) is 8.27. The molecule has 1 amide bonds. The van der Waals surface area contributed by atoms with Gasteiger partial charge in [-0.2, -0.15) is 9.97 Å². The van der Waals surface area contributed by atoms with E-state index in [1.165, 1.54) is 19.3 Å². The molecule has 1 unspecified atom stereocenters. The lowest BCUT2D eigenvalue weighted by atomic mass is 9.95. The first kappa shape index (κ1) is 30.0. The summed E-state index contributed by atoms with van der Waals surface area (Å²) in [7, 11) is 3.28. The minimum atomic E-state index is -0.648. The van der Waals surface area contributed by atoms with Gasteiger partial charge >= 0.3 is 6.01 Å². The summed E-state index contributed by atoms with van der Waals surface area (Å²) in [5.74, 6) is -0.0297. The Labute approximate surface area is 259 Å². The van der Waals surface area contributed by atoms with E-state index in [0.717, 1.165) is 11.1 Å². The number of rotatable bonds is 7. The van der Waals surface area contributed by atoms with Crippen molar-refractivity contribution in [1.82, 2.24) is 29.8 Å². The Morgan fingerprint density at radius 1 is 1.13 bits per heavy atom. The lowest BCUT2D eigenvalue weighted by Gasteiger charge is -2.27. The van der Waals surface area contributed by atoms with Gasteiger partial charge in [-0.1, -0.05) is 31.2 Å². The van der Waals surface area contributed by atoms with Crippen molar-refractivity contribution >= 4 is 39.5 Å². The van der Waals surface area contributed by atoms with Crippen LogP contribution in [-0.4, -0.2) is 69.0 Å². The normalized spacial score (nSPS) is 15.0. The quantitative estimate of drug-likeness (QED) is 0.212. The second kappa shape index (κ2) is 12.1. The van der Waals surface area contributed by atoms with Crippen LogP contribution in [0.2, 0.25) is 0 Å². The highest BCUT2D eigenvalue weighted by atomic mass is 19.1. The minimum absolute atomic E-state index is 0.00270. The summed E-state index contributed by atoms with van der Waals surface area (Å²) < 4.78 is 36.6. The molecule has 11 heteroatoms. The van der Waals surface area contributed by atoms with Gasteiger partial charge in [-0.15, -0.1) is 0 Å². The van der Waals surface area contributed by atoms with Gasteiger partial charge in [0.15, 0.2) is 5.82 Å². The Balaban J connectivity index is 1.32. The number of aromatic nitrogens is 5. The number of carbonyl (C=O) groups is 1. The standard InChI is InChI=1S/C34H33F2N7O2/c1-6-24-27(35)12-10-21-8-7-9-25(29(21)24)31-30(36)32-26(17-37-31)33(41-34(40-32)45-5)42(4)23-14-15-43(18-23)28(44)13-11-22-16-19(2)38-20(3)39-22/h7-13,16-17,23H,6,14-15,18H2,1-5H3/b13-11+.